The molecule has 2 rings (SSSR count). The van der Waals surface area contributed by atoms with E-state index in [1.807, 2.05) is 19.1 Å². The number of thiophene rings is 1. The first-order valence-corrected chi connectivity index (χ1v) is 7.68. The maximum Gasteiger partial charge on any atom is 0.0733 e. The molecule has 0 radical (unpaired) electrons. The Morgan fingerprint density at radius 3 is 2.47 bits per heavy atom. The molecule has 90 valence electrons. The topological polar surface area (TPSA) is 0 Å². The number of rotatable bonds is 3. The van der Waals surface area contributed by atoms with Gasteiger partial charge in [-0.05, 0) is 42.0 Å². The van der Waals surface area contributed by atoms with Crippen LogP contribution in [-0.4, -0.2) is 0 Å². The van der Waals surface area contributed by atoms with Gasteiger partial charge < -0.3 is 0 Å². The molecular weight excluding hydrogens is 339 g/mol. The molecule has 0 bridgehead atoms. The van der Waals surface area contributed by atoms with Crippen LogP contribution in [0.1, 0.15) is 21.4 Å². The van der Waals surface area contributed by atoms with Crippen LogP contribution in [0.2, 0.25) is 5.02 Å². The summed E-state index contributed by atoms with van der Waals surface area (Å²) in [5, 5.41) is 2.81. The van der Waals surface area contributed by atoms with Crippen LogP contribution in [0.25, 0.3) is 0 Å². The van der Waals surface area contributed by atoms with Crippen LogP contribution in [0.3, 0.4) is 0 Å². The summed E-state index contributed by atoms with van der Waals surface area (Å²) in [5.41, 5.74) is 2.32. The van der Waals surface area contributed by atoms with Gasteiger partial charge in [-0.1, -0.05) is 39.7 Å². The Morgan fingerprint density at radius 2 is 1.94 bits per heavy atom. The van der Waals surface area contributed by atoms with Crippen molar-refractivity contribution in [3.05, 3.63) is 55.1 Å². The van der Waals surface area contributed by atoms with Gasteiger partial charge in [-0.3, -0.25) is 0 Å². The molecule has 0 spiro atoms. The van der Waals surface area contributed by atoms with Crippen LogP contribution >= 0.6 is 50.5 Å². The van der Waals surface area contributed by atoms with Gasteiger partial charge in [0.05, 0.1) is 10.4 Å². The van der Waals surface area contributed by atoms with Crippen LogP contribution in [-0.2, 0) is 6.42 Å². The van der Waals surface area contributed by atoms with E-state index in [-0.39, 0.29) is 5.38 Å². The molecule has 1 unspecified atom stereocenters. The number of aryl methyl sites for hydroxylation is 1. The molecule has 17 heavy (non-hydrogen) atoms. The summed E-state index contributed by atoms with van der Waals surface area (Å²) in [5.74, 6) is 0. The Balaban J connectivity index is 2.14. The van der Waals surface area contributed by atoms with Crippen molar-refractivity contribution in [2.75, 3.05) is 0 Å². The van der Waals surface area contributed by atoms with Gasteiger partial charge in [0, 0.05) is 9.35 Å². The van der Waals surface area contributed by atoms with Crippen molar-refractivity contribution in [2.24, 2.45) is 0 Å². The molecule has 0 saturated carbocycles. The maximum absolute atomic E-state index is 6.41. The molecule has 1 aromatic carbocycles. The highest BCUT2D eigenvalue weighted by Gasteiger charge is 2.16. The third-order valence-electron chi connectivity index (χ3n) is 2.54. The van der Waals surface area contributed by atoms with E-state index in [9.17, 15) is 0 Å². The fourth-order valence-corrected chi connectivity index (χ4v) is 3.64. The highest BCUT2D eigenvalue weighted by molar-refractivity contribution is 9.10. The standard InChI is InChI=1S/C13H11BrCl2S/c1-8-7-17-13(12(8)16)11(15)6-9-2-4-10(14)5-3-9/h2-5,7,11H,6H2,1H3. The molecule has 1 heterocycles. The molecule has 0 aliphatic carbocycles. The van der Waals surface area contributed by atoms with Crippen LogP contribution in [0.15, 0.2) is 34.1 Å². The minimum absolute atomic E-state index is 0.0534. The van der Waals surface area contributed by atoms with E-state index >= 15 is 0 Å². The lowest BCUT2D eigenvalue weighted by molar-refractivity contribution is 0.939. The quantitative estimate of drug-likeness (QED) is 0.596. The lowest BCUT2D eigenvalue weighted by atomic mass is 10.1. The molecule has 0 N–H and O–H groups in total. The van der Waals surface area contributed by atoms with Crippen LogP contribution in [0.4, 0.5) is 0 Å². The number of halogens is 3. The highest BCUT2D eigenvalue weighted by Crippen LogP contribution is 2.37. The van der Waals surface area contributed by atoms with E-state index in [1.165, 1.54) is 5.56 Å². The Hall–Kier alpha value is -0.0200. The van der Waals surface area contributed by atoms with Crippen molar-refractivity contribution < 1.29 is 0 Å². The summed E-state index contributed by atoms with van der Waals surface area (Å²) < 4.78 is 1.08. The number of alkyl halides is 1. The predicted octanol–water partition coefficient (Wildman–Crippen LogP) is 6.00. The summed E-state index contributed by atoms with van der Waals surface area (Å²) in [4.78, 5) is 1.06. The second-order valence-corrected chi connectivity index (χ2v) is 6.63. The summed E-state index contributed by atoms with van der Waals surface area (Å²) in [6.07, 6.45) is 0.800. The van der Waals surface area contributed by atoms with Crippen LogP contribution in [0.5, 0.6) is 0 Å². The van der Waals surface area contributed by atoms with Gasteiger partial charge in [-0.15, -0.1) is 22.9 Å². The first-order chi connectivity index (χ1) is 8.08. The Bertz CT molecular complexity index is 505. The Morgan fingerprint density at radius 1 is 1.29 bits per heavy atom. The normalized spacial score (nSPS) is 12.7. The molecule has 4 heteroatoms. The van der Waals surface area contributed by atoms with Gasteiger partial charge >= 0.3 is 0 Å². The summed E-state index contributed by atoms with van der Waals surface area (Å²) in [6, 6.07) is 8.21. The molecule has 2 aromatic rings. The van der Waals surface area contributed by atoms with Crippen molar-refractivity contribution in [2.45, 2.75) is 18.7 Å². The molecule has 0 amide bonds. The lowest BCUT2D eigenvalue weighted by Crippen LogP contribution is -1.94. The largest absolute Gasteiger partial charge is 0.145 e. The van der Waals surface area contributed by atoms with E-state index < -0.39 is 0 Å². The van der Waals surface area contributed by atoms with E-state index in [0.717, 1.165) is 26.4 Å². The lowest BCUT2D eigenvalue weighted by Gasteiger charge is -2.08. The molecular formula is C13H11BrCl2S. The van der Waals surface area contributed by atoms with Gasteiger partial charge in [-0.25, -0.2) is 0 Å². The minimum atomic E-state index is -0.0534. The zero-order valence-electron chi connectivity index (χ0n) is 9.21. The number of benzene rings is 1. The zero-order valence-corrected chi connectivity index (χ0v) is 13.1. The first-order valence-electron chi connectivity index (χ1n) is 5.20. The van der Waals surface area contributed by atoms with Crippen molar-refractivity contribution in [1.29, 1.82) is 0 Å². The van der Waals surface area contributed by atoms with E-state index in [1.54, 1.807) is 11.3 Å². The molecule has 0 saturated heterocycles. The van der Waals surface area contributed by atoms with E-state index in [4.69, 9.17) is 23.2 Å². The first kappa shape index (κ1) is 13.4. The van der Waals surface area contributed by atoms with Crippen molar-refractivity contribution >= 4 is 50.5 Å². The van der Waals surface area contributed by atoms with Crippen molar-refractivity contribution in [3.63, 3.8) is 0 Å². The van der Waals surface area contributed by atoms with Gasteiger partial charge in [0.15, 0.2) is 0 Å². The minimum Gasteiger partial charge on any atom is -0.145 e. The van der Waals surface area contributed by atoms with E-state index in [0.29, 0.717) is 0 Å². The average Bonchev–Trinajstić information content (AvgIpc) is 2.63. The average molecular weight is 350 g/mol. The summed E-state index contributed by atoms with van der Waals surface area (Å²) >= 11 is 17.7. The van der Waals surface area contributed by atoms with Crippen molar-refractivity contribution in [1.82, 2.24) is 0 Å². The summed E-state index contributed by atoms with van der Waals surface area (Å²) in [7, 11) is 0. The molecule has 1 atom stereocenters. The third kappa shape index (κ3) is 3.25. The van der Waals surface area contributed by atoms with Gasteiger partial charge in [0.1, 0.15) is 0 Å². The number of hydrogen-bond acceptors (Lipinski definition) is 1. The summed E-state index contributed by atoms with van der Waals surface area (Å²) in [6.45, 7) is 2.01. The smallest absolute Gasteiger partial charge is 0.0733 e. The molecule has 0 nitrogen and oxygen atoms in total. The third-order valence-corrected chi connectivity index (χ3v) is 5.40. The van der Waals surface area contributed by atoms with Crippen LogP contribution in [0, 0.1) is 6.92 Å². The van der Waals surface area contributed by atoms with Crippen molar-refractivity contribution in [3.8, 4) is 0 Å². The Labute approximate surface area is 124 Å². The SMILES string of the molecule is Cc1csc(C(Cl)Cc2ccc(Br)cc2)c1Cl. The fourth-order valence-electron chi connectivity index (χ4n) is 1.58. The van der Waals surface area contributed by atoms with Gasteiger partial charge in [0.2, 0.25) is 0 Å². The van der Waals surface area contributed by atoms with Gasteiger partial charge in [-0.2, -0.15) is 0 Å². The highest BCUT2D eigenvalue weighted by atomic mass is 79.9. The maximum atomic E-state index is 6.41. The van der Waals surface area contributed by atoms with E-state index in [2.05, 4.69) is 33.4 Å². The molecule has 0 aliphatic heterocycles. The molecule has 0 fully saturated rings. The van der Waals surface area contributed by atoms with Crippen LogP contribution < -0.4 is 0 Å². The monoisotopic (exact) mass is 348 g/mol. The second-order valence-electron chi connectivity index (χ2n) is 3.90. The molecule has 1 aromatic heterocycles. The predicted molar refractivity (Wildman–Crippen MR) is 80.5 cm³/mol. The fraction of sp³-hybridized carbons (Fsp3) is 0.231. The second kappa shape index (κ2) is 5.75. The molecule has 0 aliphatic rings. The number of hydrogen-bond donors (Lipinski definition) is 0. The zero-order chi connectivity index (χ0) is 12.4. The van der Waals surface area contributed by atoms with Gasteiger partial charge in [0.25, 0.3) is 0 Å². The Kier molecular flexibility index (Phi) is 4.53.